The molecule has 1 aromatic heterocycles. The van der Waals surface area contributed by atoms with Gasteiger partial charge in [0.25, 0.3) is 5.19 Å². The van der Waals surface area contributed by atoms with Crippen LogP contribution in [0.2, 0.25) is 0 Å². The van der Waals surface area contributed by atoms with Gasteiger partial charge in [-0.15, -0.1) is 5.10 Å². The van der Waals surface area contributed by atoms with Crippen LogP contribution < -0.4 is 10.5 Å². The molecule has 2 aromatic rings. The number of hydrogen-bond donors (Lipinski definition) is 1. The summed E-state index contributed by atoms with van der Waals surface area (Å²) in [5, 5.41) is 7.96. The van der Waals surface area contributed by atoms with Crippen LogP contribution in [0.15, 0.2) is 23.7 Å². The Hall–Kier alpha value is -1.62. The number of aryl methyl sites for hydroxylation is 1. The number of hydrogen-bond acceptors (Lipinski definition) is 5. The van der Waals surface area contributed by atoms with Crippen LogP contribution in [-0.2, 0) is 0 Å². The molecule has 14 heavy (non-hydrogen) atoms. The second kappa shape index (κ2) is 3.63. The summed E-state index contributed by atoms with van der Waals surface area (Å²) in [6, 6.07) is 5.54. The number of benzene rings is 1. The van der Waals surface area contributed by atoms with Gasteiger partial charge >= 0.3 is 0 Å². The number of nitrogen functional groups attached to an aromatic ring is 1. The van der Waals surface area contributed by atoms with E-state index in [1.54, 1.807) is 11.6 Å². The first-order valence-corrected chi connectivity index (χ1v) is 4.94. The Kier molecular flexibility index (Phi) is 2.32. The highest BCUT2D eigenvalue weighted by atomic mass is 32.1. The van der Waals surface area contributed by atoms with Crippen molar-refractivity contribution < 1.29 is 4.74 Å². The summed E-state index contributed by atoms with van der Waals surface area (Å²) in [5.74, 6) is 0.685. The molecule has 0 aliphatic heterocycles. The average molecular weight is 207 g/mol. The van der Waals surface area contributed by atoms with E-state index in [9.17, 15) is 0 Å². The topological polar surface area (TPSA) is 61.0 Å². The van der Waals surface area contributed by atoms with Crippen molar-refractivity contribution in [2.45, 2.75) is 6.92 Å². The molecular formula is C9H9N3OS. The highest BCUT2D eigenvalue weighted by Crippen LogP contribution is 2.25. The summed E-state index contributed by atoms with van der Waals surface area (Å²) in [6.45, 7) is 1.95. The normalized spacial score (nSPS) is 10.1. The van der Waals surface area contributed by atoms with Crippen LogP contribution in [0, 0.1) is 6.92 Å². The summed E-state index contributed by atoms with van der Waals surface area (Å²) >= 11 is 1.34. The maximum atomic E-state index is 5.74. The van der Waals surface area contributed by atoms with Crippen LogP contribution >= 0.6 is 11.3 Å². The third-order valence-electron chi connectivity index (χ3n) is 1.80. The number of ether oxygens (including phenoxy) is 1. The van der Waals surface area contributed by atoms with E-state index in [1.807, 2.05) is 19.1 Å². The smallest absolute Gasteiger partial charge is 0.299 e. The van der Waals surface area contributed by atoms with Gasteiger partial charge in [0, 0.05) is 11.8 Å². The van der Waals surface area contributed by atoms with Gasteiger partial charge in [-0.1, -0.05) is 22.5 Å². The van der Waals surface area contributed by atoms with E-state index in [4.69, 9.17) is 10.5 Å². The summed E-state index contributed by atoms with van der Waals surface area (Å²) in [5.41, 5.74) is 9.11. The van der Waals surface area contributed by atoms with Gasteiger partial charge < -0.3 is 10.5 Å². The molecule has 1 heterocycles. The zero-order valence-electron chi connectivity index (χ0n) is 7.60. The highest BCUT2D eigenvalue weighted by molar-refractivity contribution is 7.11. The van der Waals surface area contributed by atoms with Crippen molar-refractivity contribution in [2.24, 2.45) is 0 Å². The molecule has 0 unspecified atom stereocenters. The third-order valence-corrected chi connectivity index (χ3v) is 2.36. The molecule has 5 heteroatoms. The van der Waals surface area contributed by atoms with E-state index in [1.165, 1.54) is 11.3 Å². The minimum Gasteiger partial charge on any atom is -0.430 e. The summed E-state index contributed by atoms with van der Waals surface area (Å²) in [6.07, 6.45) is 0. The Morgan fingerprint density at radius 1 is 1.43 bits per heavy atom. The van der Waals surface area contributed by atoms with Crippen molar-refractivity contribution >= 4 is 17.0 Å². The van der Waals surface area contributed by atoms with Crippen LogP contribution in [0.4, 0.5) is 5.69 Å². The number of nitrogens with two attached hydrogens (primary N) is 1. The summed E-state index contributed by atoms with van der Waals surface area (Å²) < 4.78 is 5.42. The van der Waals surface area contributed by atoms with Gasteiger partial charge in [-0.25, -0.2) is 0 Å². The van der Waals surface area contributed by atoms with E-state index >= 15 is 0 Å². The van der Waals surface area contributed by atoms with Crippen molar-refractivity contribution in [1.82, 2.24) is 10.2 Å². The second-order valence-corrected chi connectivity index (χ2v) is 3.62. The summed E-state index contributed by atoms with van der Waals surface area (Å²) in [4.78, 5) is 0. The summed E-state index contributed by atoms with van der Waals surface area (Å²) in [7, 11) is 0. The molecule has 0 amide bonds. The van der Waals surface area contributed by atoms with Crippen LogP contribution in [0.3, 0.4) is 0 Å². The van der Waals surface area contributed by atoms with E-state index in [0.717, 1.165) is 5.56 Å². The lowest BCUT2D eigenvalue weighted by atomic mass is 10.2. The van der Waals surface area contributed by atoms with Crippen molar-refractivity contribution in [3.8, 4) is 10.9 Å². The molecule has 0 aliphatic rings. The fourth-order valence-electron chi connectivity index (χ4n) is 0.990. The average Bonchev–Trinajstić information content (AvgIpc) is 2.64. The molecular weight excluding hydrogens is 198 g/mol. The van der Waals surface area contributed by atoms with E-state index in [-0.39, 0.29) is 0 Å². The lowest BCUT2D eigenvalue weighted by molar-refractivity contribution is 0.473. The Bertz CT molecular complexity index is 428. The molecule has 4 nitrogen and oxygen atoms in total. The van der Waals surface area contributed by atoms with Crippen LogP contribution in [0.25, 0.3) is 0 Å². The minimum atomic E-state index is 0.522. The molecule has 2 rings (SSSR count). The number of anilines is 1. The monoisotopic (exact) mass is 207 g/mol. The van der Waals surface area contributed by atoms with E-state index in [2.05, 4.69) is 10.2 Å². The van der Waals surface area contributed by atoms with Gasteiger partial charge in [0.05, 0.1) is 0 Å². The molecule has 0 saturated carbocycles. The first-order chi connectivity index (χ1) is 6.75. The first-order valence-electron chi connectivity index (χ1n) is 4.06. The molecule has 0 aliphatic carbocycles. The van der Waals surface area contributed by atoms with Gasteiger partial charge in [-0.3, -0.25) is 0 Å². The third kappa shape index (κ3) is 1.82. The quantitative estimate of drug-likeness (QED) is 0.767. The fraction of sp³-hybridized carbons (Fsp3) is 0.111. The molecule has 0 atom stereocenters. The SMILES string of the molecule is Cc1ccc(Oc2nncs2)cc1N. The van der Waals surface area contributed by atoms with Crippen LogP contribution in [-0.4, -0.2) is 10.2 Å². The molecule has 0 spiro atoms. The van der Waals surface area contributed by atoms with Crippen molar-refractivity contribution in [2.75, 3.05) is 5.73 Å². The molecule has 0 bridgehead atoms. The first kappa shape index (κ1) is 8.96. The molecule has 0 radical (unpaired) electrons. The van der Waals surface area contributed by atoms with Crippen molar-refractivity contribution in [3.05, 3.63) is 29.3 Å². The minimum absolute atomic E-state index is 0.522. The van der Waals surface area contributed by atoms with Gasteiger partial charge in [0.1, 0.15) is 11.3 Å². The van der Waals surface area contributed by atoms with Gasteiger partial charge in [0.15, 0.2) is 0 Å². The lowest BCUT2D eigenvalue weighted by Crippen LogP contribution is -1.90. The van der Waals surface area contributed by atoms with Crippen molar-refractivity contribution in [1.29, 1.82) is 0 Å². The molecule has 2 N–H and O–H groups in total. The van der Waals surface area contributed by atoms with Crippen molar-refractivity contribution in [3.63, 3.8) is 0 Å². The fourth-order valence-corrected chi connectivity index (χ4v) is 1.41. The second-order valence-electron chi connectivity index (χ2n) is 2.83. The molecule has 0 fully saturated rings. The zero-order valence-corrected chi connectivity index (χ0v) is 8.41. The molecule has 72 valence electrons. The lowest BCUT2D eigenvalue weighted by Gasteiger charge is -2.03. The maximum Gasteiger partial charge on any atom is 0.299 e. The predicted octanol–water partition coefficient (Wildman–Crippen LogP) is 2.22. The van der Waals surface area contributed by atoms with Crippen LogP contribution in [0.1, 0.15) is 5.56 Å². The Balaban J connectivity index is 2.22. The predicted molar refractivity (Wildman–Crippen MR) is 55.6 cm³/mol. The Morgan fingerprint density at radius 2 is 2.29 bits per heavy atom. The van der Waals surface area contributed by atoms with Crippen LogP contribution in [0.5, 0.6) is 10.9 Å². The largest absolute Gasteiger partial charge is 0.430 e. The standard InChI is InChI=1S/C9H9N3OS/c1-6-2-3-7(4-8(6)10)13-9-12-11-5-14-9/h2-5H,10H2,1H3. The number of aromatic nitrogens is 2. The Labute approximate surface area is 85.4 Å². The number of nitrogens with zero attached hydrogens (tertiary/aromatic N) is 2. The van der Waals surface area contributed by atoms with Gasteiger partial charge in [-0.05, 0) is 18.6 Å². The van der Waals surface area contributed by atoms with Gasteiger partial charge in [-0.2, -0.15) is 0 Å². The van der Waals surface area contributed by atoms with E-state index in [0.29, 0.717) is 16.6 Å². The van der Waals surface area contributed by atoms with E-state index < -0.39 is 0 Å². The molecule has 1 aromatic carbocycles. The number of rotatable bonds is 2. The highest BCUT2D eigenvalue weighted by Gasteiger charge is 2.01. The zero-order chi connectivity index (χ0) is 9.97. The molecule has 0 saturated heterocycles. The van der Waals surface area contributed by atoms with Gasteiger partial charge in [0.2, 0.25) is 0 Å². The Morgan fingerprint density at radius 3 is 2.93 bits per heavy atom. The maximum absolute atomic E-state index is 5.74.